The van der Waals surface area contributed by atoms with Crippen LogP contribution in [0, 0.1) is 0 Å². The number of rotatable bonds is 51. The predicted molar refractivity (Wildman–Crippen MR) is 278 cm³/mol. The number of hydrogen-bond donors (Lipinski definition) is 6. The molecule has 0 saturated carbocycles. The number of nitrogens with one attached hydrogen (secondary N) is 1. The fourth-order valence-corrected chi connectivity index (χ4v) is 10.2. The maximum Gasteiger partial charge on any atom is 0.397 e. The highest BCUT2D eigenvalue weighted by molar-refractivity contribution is 7.80. The van der Waals surface area contributed by atoms with Gasteiger partial charge in [0, 0.05) is 6.42 Å². The number of amides is 1. The van der Waals surface area contributed by atoms with Gasteiger partial charge in [0.15, 0.2) is 6.29 Å². The van der Waals surface area contributed by atoms with Crippen molar-refractivity contribution in [1.29, 1.82) is 0 Å². The van der Waals surface area contributed by atoms with Gasteiger partial charge in [0.25, 0.3) is 0 Å². The Kier molecular flexibility index (Phi) is 44.0. The van der Waals surface area contributed by atoms with E-state index in [1.807, 2.05) is 0 Å². The van der Waals surface area contributed by atoms with Gasteiger partial charge in [0.1, 0.15) is 24.4 Å². The molecule has 0 aromatic heterocycles. The highest BCUT2D eigenvalue weighted by Gasteiger charge is 2.48. The summed E-state index contributed by atoms with van der Waals surface area (Å²) in [6, 6.07) is -0.853. The summed E-state index contributed by atoms with van der Waals surface area (Å²) in [5, 5.41) is 45.1. The minimum Gasteiger partial charge on any atom is -0.394 e. The molecule has 1 aliphatic rings. The number of hydrogen-bond acceptors (Lipinski definition) is 10. The molecule has 13 heteroatoms. The van der Waals surface area contributed by atoms with Crippen LogP contribution in [0.1, 0.15) is 290 Å². The molecule has 406 valence electrons. The van der Waals surface area contributed by atoms with E-state index in [0.717, 1.165) is 51.4 Å². The smallest absolute Gasteiger partial charge is 0.394 e. The third-order valence-electron chi connectivity index (χ3n) is 14.2. The van der Waals surface area contributed by atoms with E-state index in [4.69, 9.17) is 9.47 Å². The van der Waals surface area contributed by atoms with Crippen molar-refractivity contribution in [1.82, 2.24) is 5.32 Å². The molecule has 6 N–H and O–H groups in total. The van der Waals surface area contributed by atoms with Crippen LogP contribution in [0.3, 0.4) is 0 Å². The van der Waals surface area contributed by atoms with Crippen molar-refractivity contribution in [3.63, 3.8) is 0 Å². The third-order valence-corrected chi connectivity index (χ3v) is 14.6. The lowest BCUT2D eigenvalue weighted by Crippen LogP contribution is -2.61. The number of aliphatic hydroxyl groups excluding tert-OH is 4. The largest absolute Gasteiger partial charge is 0.397 e. The first-order valence-corrected chi connectivity index (χ1v) is 30.3. The summed E-state index contributed by atoms with van der Waals surface area (Å²) < 4.78 is 47.9. The van der Waals surface area contributed by atoms with Gasteiger partial charge < -0.3 is 35.2 Å². The summed E-state index contributed by atoms with van der Waals surface area (Å²) in [5.41, 5.74) is 0. The van der Waals surface area contributed by atoms with Crippen LogP contribution in [0.2, 0.25) is 0 Å². The first kappa shape index (κ1) is 65.1. The molecule has 7 unspecified atom stereocenters. The molecule has 1 amide bonds. The quantitative estimate of drug-likeness (QED) is 0.0251. The van der Waals surface area contributed by atoms with Crippen molar-refractivity contribution in [2.45, 2.75) is 333 Å². The van der Waals surface area contributed by atoms with Crippen LogP contribution in [0.5, 0.6) is 0 Å². The lowest BCUT2D eigenvalue weighted by atomic mass is 9.99. The average molecular weight is 993 g/mol. The Morgan fingerprint density at radius 1 is 0.529 bits per heavy atom. The standard InChI is InChI=1S/C55H109NO11S/c1-3-5-7-9-11-13-15-17-19-21-22-23-24-25-26-27-28-29-30-32-34-36-38-40-42-44-49(58)48(47-65-55-53(61)54(67-68(62,63)64)52(60)50(46-57)66-55)56-51(59)45-43-41-39-37-35-33-31-20-18-16-14-12-10-8-6-4-2/h48-50,52-55,57-58,60-61H,3-47H2,1-2H3,(H,56,59)(H,62,63,64). The van der Waals surface area contributed by atoms with E-state index in [9.17, 15) is 38.2 Å². The zero-order valence-corrected chi connectivity index (χ0v) is 44.8. The minimum atomic E-state index is -5.08. The summed E-state index contributed by atoms with van der Waals surface area (Å²) in [4.78, 5) is 13.1. The molecule has 12 nitrogen and oxygen atoms in total. The van der Waals surface area contributed by atoms with Gasteiger partial charge in [-0.15, -0.1) is 0 Å². The normalized spacial score (nSPS) is 19.7. The minimum absolute atomic E-state index is 0.223. The molecule has 0 radical (unpaired) electrons. The molecule has 0 spiro atoms. The van der Waals surface area contributed by atoms with Crippen molar-refractivity contribution < 1.29 is 51.8 Å². The van der Waals surface area contributed by atoms with E-state index in [0.29, 0.717) is 12.8 Å². The fraction of sp³-hybridized carbons (Fsp3) is 0.982. The molecule has 0 aromatic rings. The molecule has 7 atom stereocenters. The topological polar surface area (TPSA) is 192 Å². The lowest BCUT2D eigenvalue weighted by Gasteiger charge is -2.41. The Morgan fingerprint density at radius 2 is 0.853 bits per heavy atom. The Labute approximate surface area is 418 Å². The molecule has 1 rings (SSSR count). The van der Waals surface area contributed by atoms with Crippen molar-refractivity contribution in [2.24, 2.45) is 0 Å². The number of carbonyl (C=O) groups is 1. The molecular weight excluding hydrogens is 883 g/mol. The zero-order valence-electron chi connectivity index (χ0n) is 44.0. The predicted octanol–water partition coefficient (Wildman–Crippen LogP) is 13.3. The van der Waals surface area contributed by atoms with Gasteiger partial charge in [0.05, 0.1) is 25.4 Å². The van der Waals surface area contributed by atoms with Crippen molar-refractivity contribution in [3.05, 3.63) is 0 Å². The Hall–Kier alpha value is -0.900. The van der Waals surface area contributed by atoms with Gasteiger partial charge >= 0.3 is 10.4 Å². The summed E-state index contributed by atoms with van der Waals surface area (Å²) >= 11 is 0. The SMILES string of the molecule is CCCCCCCCCCCCCCCCCCCCCCCCCCCC(O)C(COC1OC(CO)C(O)C(OS(=O)(=O)O)C1O)NC(=O)CCCCCCCCCCCCCCCCCC. The van der Waals surface area contributed by atoms with Gasteiger partial charge in [-0.05, 0) is 12.8 Å². The molecule has 0 aliphatic carbocycles. The second-order valence-electron chi connectivity index (χ2n) is 20.6. The summed E-state index contributed by atoms with van der Waals surface area (Å²) in [5.74, 6) is -0.223. The van der Waals surface area contributed by atoms with Crippen LogP contribution in [0.25, 0.3) is 0 Å². The van der Waals surface area contributed by atoms with Crippen LogP contribution in [0.4, 0.5) is 0 Å². The second-order valence-corrected chi connectivity index (χ2v) is 21.6. The summed E-state index contributed by atoms with van der Waals surface area (Å²) in [7, 11) is -5.08. The molecule has 1 fully saturated rings. The molecule has 0 bridgehead atoms. The van der Waals surface area contributed by atoms with Crippen LogP contribution in [0.15, 0.2) is 0 Å². The summed E-state index contributed by atoms with van der Waals surface area (Å²) in [6.45, 7) is 3.50. The Balaban J connectivity index is 2.32. The highest BCUT2D eigenvalue weighted by Crippen LogP contribution is 2.26. The van der Waals surface area contributed by atoms with Gasteiger partial charge in [0.2, 0.25) is 5.91 Å². The maximum absolute atomic E-state index is 13.1. The number of carbonyl (C=O) groups excluding carboxylic acids is 1. The van der Waals surface area contributed by atoms with Gasteiger partial charge in [-0.25, -0.2) is 4.18 Å². The number of unbranched alkanes of at least 4 members (excludes halogenated alkanes) is 39. The van der Waals surface area contributed by atoms with Crippen molar-refractivity contribution in [3.8, 4) is 0 Å². The molecule has 1 heterocycles. The summed E-state index contributed by atoms with van der Waals surface area (Å²) in [6.07, 6.45) is 43.9. The van der Waals surface area contributed by atoms with E-state index in [2.05, 4.69) is 23.3 Å². The van der Waals surface area contributed by atoms with E-state index in [1.165, 1.54) is 212 Å². The molecule has 1 saturated heterocycles. The third kappa shape index (κ3) is 37.8. The van der Waals surface area contributed by atoms with Gasteiger partial charge in [-0.2, -0.15) is 8.42 Å². The van der Waals surface area contributed by atoms with Crippen molar-refractivity contribution >= 4 is 16.3 Å². The van der Waals surface area contributed by atoms with Crippen LogP contribution < -0.4 is 5.32 Å². The van der Waals surface area contributed by atoms with E-state index >= 15 is 0 Å². The fourth-order valence-electron chi connectivity index (χ4n) is 9.70. The van der Waals surface area contributed by atoms with Crippen LogP contribution in [-0.4, -0.2) is 95.4 Å². The molecule has 1 aliphatic heterocycles. The van der Waals surface area contributed by atoms with E-state index in [1.54, 1.807) is 0 Å². The number of aliphatic hydroxyl groups is 4. The first-order valence-electron chi connectivity index (χ1n) is 28.9. The molecular formula is C55H109NO11S. The molecule has 0 aromatic carbocycles. The van der Waals surface area contributed by atoms with Gasteiger partial charge in [-0.1, -0.05) is 271 Å². The zero-order chi connectivity index (χ0) is 49.8. The van der Waals surface area contributed by atoms with Crippen LogP contribution >= 0.6 is 0 Å². The molecule has 68 heavy (non-hydrogen) atoms. The number of ether oxygens (including phenoxy) is 2. The van der Waals surface area contributed by atoms with Crippen molar-refractivity contribution in [2.75, 3.05) is 13.2 Å². The monoisotopic (exact) mass is 992 g/mol. The first-order chi connectivity index (χ1) is 33.0. The maximum atomic E-state index is 13.1. The Morgan fingerprint density at radius 3 is 1.18 bits per heavy atom. The van der Waals surface area contributed by atoms with Gasteiger partial charge in [-0.3, -0.25) is 9.35 Å². The lowest BCUT2D eigenvalue weighted by molar-refractivity contribution is -0.298. The second kappa shape index (κ2) is 45.9. The Bertz CT molecular complexity index is 1210. The average Bonchev–Trinajstić information content (AvgIpc) is 3.31. The van der Waals surface area contributed by atoms with E-state index < -0.39 is 59.9 Å². The highest BCUT2D eigenvalue weighted by atomic mass is 32.3. The van der Waals surface area contributed by atoms with E-state index in [-0.39, 0.29) is 12.5 Å². The van der Waals surface area contributed by atoms with Crippen LogP contribution in [-0.2, 0) is 28.9 Å².